The Kier molecular flexibility index (Phi) is 5.58. The van der Waals surface area contributed by atoms with E-state index in [1.165, 1.54) is 5.57 Å². The van der Waals surface area contributed by atoms with Crippen LogP contribution in [0.15, 0.2) is 18.3 Å². The van der Waals surface area contributed by atoms with Gasteiger partial charge in [-0.3, -0.25) is 4.98 Å². The van der Waals surface area contributed by atoms with E-state index < -0.39 is 0 Å². The Morgan fingerprint density at radius 1 is 1.39 bits per heavy atom. The van der Waals surface area contributed by atoms with Crippen molar-refractivity contribution in [1.29, 1.82) is 0 Å². The zero-order chi connectivity index (χ0) is 17.0. The minimum Gasteiger partial charge on any atom is -0.462 e. The highest BCUT2D eigenvalue weighted by atomic mass is 16.5. The van der Waals surface area contributed by atoms with Crippen LogP contribution in [0.25, 0.3) is 5.57 Å². The van der Waals surface area contributed by atoms with Crippen LogP contribution in [0.2, 0.25) is 0 Å². The Balaban J connectivity index is 2.44. The number of allylic oxidation sites excluding steroid dienone is 1. The first-order valence-electron chi connectivity index (χ1n) is 8.26. The van der Waals surface area contributed by atoms with E-state index in [9.17, 15) is 4.79 Å². The third-order valence-corrected chi connectivity index (χ3v) is 4.21. The van der Waals surface area contributed by atoms with Crippen molar-refractivity contribution in [3.63, 3.8) is 0 Å². The van der Waals surface area contributed by atoms with Gasteiger partial charge in [0, 0.05) is 24.4 Å². The number of rotatable bonds is 4. The molecule has 126 valence electrons. The van der Waals surface area contributed by atoms with Gasteiger partial charge in [0.05, 0.1) is 18.3 Å². The molecule has 1 atom stereocenters. The van der Waals surface area contributed by atoms with Crippen LogP contribution in [0, 0.1) is 0 Å². The number of nitrogens with zero attached hydrogens (tertiary/aromatic N) is 1. The van der Waals surface area contributed by atoms with Gasteiger partial charge in [0.2, 0.25) is 0 Å². The lowest BCUT2D eigenvalue weighted by atomic mass is 9.86. The molecule has 0 amide bonds. The van der Waals surface area contributed by atoms with Gasteiger partial charge in [-0.15, -0.1) is 0 Å². The second-order valence-electron chi connectivity index (χ2n) is 6.95. The molecule has 1 heterocycles. The fourth-order valence-electron chi connectivity index (χ4n) is 2.77. The number of methoxy groups -OCH3 is 1. The summed E-state index contributed by atoms with van der Waals surface area (Å²) in [6, 6.07) is 2.05. The predicted octanol–water partition coefficient (Wildman–Crippen LogP) is 4.14. The normalized spacial score (nSPS) is 18.5. The molecule has 4 heteroatoms. The number of esters is 1. The number of aromatic nitrogens is 1. The second-order valence-corrected chi connectivity index (χ2v) is 6.95. The zero-order valence-electron chi connectivity index (χ0n) is 14.8. The summed E-state index contributed by atoms with van der Waals surface area (Å²) < 4.78 is 10.6. The van der Waals surface area contributed by atoms with Crippen LogP contribution < -0.4 is 0 Å². The van der Waals surface area contributed by atoms with E-state index in [1.54, 1.807) is 13.3 Å². The second kappa shape index (κ2) is 7.26. The summed E-state index contributed by atoms with van der Waals surface area (Å²) in [5.41, 5.74) is 3.62. The molecule has 0 fully saturated rings. The van der Waals surface area contributed by atoms with Crippen molar-refractivity contribution in [3.8, 4) is 0 Å². The Morgan fingerprint density at radius 3 is 2.65 bits per heavy atom. The summed E-state index contributed by atoms with van der Waals surface area (Å²) in [6.07, 6.45) is 6.87. The van der Waals surface area contributed by atoms with Gasteiger partial charge in [0.1, 0.15) is 0 Å². The first-order valence-corrected chi connectivity index (χ1v) is 8.26. The Hall–Kier alpha value is -1.68. The third kappa shape index (κ3) is 4.20. The van der Waals surface area contributed by atoms with Gasteiger partial charge in [-0.25, -0.2) is 4.79 Å². The summed E-state index contributed by atoms with van der Waals surface area (Å²) in [5.74, 6) is -0.301. The van der Waals surface area contributed by atoms with E-state index in [0.717, 1.165) is 30.5 Å². The first kappa shape index (κ1) is 17.7. The van der Waals surface area contributed by atoms with Gasteiger partial charge in [-0.05, 0) is 43.4 Å². The summed E-state index contributed by atoms with van der Waals surface area (Å²) >= 11 is 0. The minimum atomic E-state index is -0.301. The highest BCUT2D eigenvalue weighted by molar-refractivity contribution is 5.95. The van der Waals surface area contributed by atoms with E-state index in [4.69, 9.17) is 9.47 Å². The van der Waals surface area contributed by atoms with Gasteiger partial charge >= 0.3 is 5.97 Å². The molecule has 1 aliphatic carbocycles. The Bertz CT molecular complexity index is 599. The maximum absolute atomic E-state index is 12.3. The molecule has 1 unspecified atom stereocenters. The number of carbonyl (C=O) groups is 1. The van der Waals surface area contributed by atoms with Crippen molar-refractivity contribution >= 4 is 11.5 Å². The summed E-state index contributed by atoms with van der Waals surface area (Å²) in [6.45, 7) is 8.56. The first-order chi connectivity index (χ1) is 10.9. The van der Waals surface area contributed by atoms with Crippen molar-refractivity contribution in [2.45, 2.75) is 58.5 Å². The number of ether oxygens (including phenoxy) is 2. The van der Waals surface area contributed by atoms with Crippen molar-refractivity contribution in [3.05, 3.63) is 35.2 Å². The van der Waals surface area contributed by atoms with E-state index in [1.807, 2.05) is 13.0 Å². The van der Waals surface area contributed by atoms with Crippen LogP contribution in [0.4, 0.5) is 0 Å². The maximum atomic E-state index is 12.3. The largest absolute Gasteiger partial charge is 0.462 e. The van der Waals surface area contributed by atoms with Crippen LogP contribution in [0.3, 0.4) is 0 Å². The lowest BCUT2D eigenvalue weighted by molar-refractivity contribution is 0.0525. The monoisotopic (exact) mass is 317 g/mol. The number of hydrogen-bond acceptors (Lipinski definition) is 4. The van der Waals surface area contributed by atoms with Crippen LogP contribution >= 0.6 is 0 Å². The fraction of sp³-hybridized carbons (Fsp3) is 0.579. The van der Waals surface area contributed by atoms with E-state index in [0.29, 0.717) is 12.2 Å². The van der Waals surface area contributed by atoms with Crippen molar-refractivity contribution in [2.75, 3.05) is 13.7 Å². The molecule has 23 heavy (non-hydrogen) atoms. The van der Waals surface area contributed by atoms with Gasteiger partial charge in [-0.2, -0.15) is 0 Å². The Morgan fingerprint density at radius 2 is 2.13 bits per heavy atom. The molecule has 0 bridgehead atoms. The summed E-state index contributed by atoms with van der Waals surface area (Å²) in [7, 11) is 1.75. The van der Waals surface area contributed by atoms with Crippen LogP contribution in [-0.4, -0.2) is 30.8 Å². The third-order valence-electron chi connectivity index (χ3n) is 4.21. The molecule has 0 N–H and O–H groups in total. The SMILES string of the molecule is CCOC(=O)c1cnc(C(C)(C)C)cc1C1=CCC(OC)CC1. The average molecular weight is 317 g/mol. The molecule has 0 radical (unpaired) electrons. The van der Waals surface area contributed by atoms with Crippen LogP contribution in [0.1, 0.15) is 68.6 Å². The average Bonchev–Trinajstić information content (AvgIpc) is 2.54. The van der Waals surface area contributed by atoms with Gasteiger partial charge < -0.3 is 9.47 Å². The molecule has 2 rings (SSSR count). The van der Waals surface area contributed by atoms with Crippen LogP contribution in [0.5, 0.6) is 0 Å². The molecule has 0 aromatic carbocycles. The molecule has 0 spiro atoms. The van der Waals surface area contributed by atoms with Gasteiger partial charge in [-0.1, -0.05) is 26.8 Å². The molecule has 4 nitrogen and oxygen atoms in total. The molecule has 0 aliphatic heterocycles. The molecule has 1 aromatic rings. The highest BCUT2D eigenvalue weighted by Gasteiger charge is 2.24. The molecule has 0 saturated heterocycles. The quantitative estimate of drug-likeness (QED) is 0.783. The fourth-order valence-corrected chi connectivity index (χ4v) is 2.77. The van der Waals surface area contributed by atoms with Gasteiger partial charge in [0.25, 0.3) is 0 Å². The van der Waals surface area contributed by atoms with Crippen molar-refractivity contribution in [1.82, 2.24) is 4.98 Å². The van der Waals surface area contributed by atoms with E-state index >= 15 is 0 Å². The number of hydrogen-bond donors (Lipinski definition) is 0. The van der Waals surface area contributed by atoms with Gasteiger partial charge in [0.15, 0.2) is 0 Å². The molecule has 1 aliphatic rings. The minimum absolute atomic E-state index is 0.0633. The lowest BCUT2D eigenvalue weighted by Gasteiger charge is -2.24. The smallest absolute Gasteiger partial charge is 0.340 e. The molecular weight excluding hydrogens is 290 g/mol. The van der Waals surface area contributed by atoms with E-state index in [2.05, 4.69) is 31.8 Å². The summed E-state index contributed by atoms with van der Waals surface area (Å²) in [5, 5.41) is 0. The molecular formula is C19H27NO3. The van der Waals surface area contributed by atoms with Crippen molar-refractivity contribution < 1.29 is 14.3 Å². The number of pyridine rings is 1. The lowest BCUT2D eigenvalue weighted by Crippen LogP contribution is -2.18. The molecule has 1 aromatic heterocycles. The Labute approximate surface area is 138 Å². The summed E-state index contributed by atoms with van der Waals surface area (Å²) in [4.78, 5) is 16.8. The zero-order valence-corrected chi connectivity index (χ0v) is 14.8. The van der Waals surface area contributed by atoms with Crippen LogP contribution in [-0.2, 0) is 14.9 Å². The highest BCUT2D eigenvalue weighted by Crippen LogP contribution is 2.32. The maximum Gasteiger partial charge on any atom is 0.340 e. The topological polar surface area (TPSA) is 48.4 Å². The molecule has 0 saturated carbocycles. The standard InChI is InChI=1S/C19H27NO3/c1-6-23-18(21)16-12-20-17(19(2,3)4)11-15(16)13-7-9-14(22-5)10-8-13/h7,11-12,14H,6,8-10H2,1-5H3. The predicted molar refractivity (Wildman–Crippen MR) is 91.5 cm³/mol. The van der Waals surface area contributed by atoms with Crippen molar-refractivity contribution in [2.24, 2.45) is 0 Å². The van der Waals surface area contributed by atoms with E-state index in [-0.39, 0.29) is 17.5 Å². The number of carbonyl (C=O) groups excluding carboxylic acids is 1.